The van der Waals surface area contributed by atoms with Crippen molar-refractivity contribution in [3.05, 3.63) is 45.5 Å². The molecule has 3 aromatic rings. The minimum atomic E-state index is -0.0944. The van der Waals surface area contributed by atoms with Crippen LogP contribution in [0, 0.1) is 6.92 Å². The number of aryl methyl sites for hydroxylation is 1. The van der Waals surface area contributed by atoms with Gasteiger partial charge in [-0.2, -0.15) is 0 Å². The van der Waals surface area contributed by atoms with Gasteiger partial charge in [-0.15, -0.1) is 11.3 Å². The van der Waals surface area contributed by atoms with Gasteiger partial charge in [0.2, 0.25) is 5.89 Å². The molecule has 6 heteroatoms. The summed E-state index contributed by atoms with van der Waals surface area (Å²) < 4.78 is 7.26. The number of oxazole rings is 1. The molecular formula is C15H17N3O2S. The second-order valence-electron chi connectivity index (χ2n) is 6.12. The molecule has 3 aromatic heterocycles. The minimum Gasteiger partial charge on any atom is -0.443 e. The fraction of sp³-hybridized carbons (Fsp3) is 0.400. The SMILES string of the molecule is Cc1cc2c(=O)n(Cc3ncc(C(C)(C)C)o3)cnc2s1. The third kappa shape index (κ3) is 2.63. The van der Waals surface area contributed by atoms with Crippen molar-refractivity contribution in [3.8, 4) is 0 Å². The molecule has 0 bridgehead atoms. The highest BCUT2D eigenvalue weighted by atomic mass is 32.1. The van der Waals surface area contributed by atoms with Crippen LogP contribution >= 0.6 is 11.3 Å². The van der Waals surface area contributed by atoms with E-state index in [0.29, 0.717) is 17.8 Å². The van der Waals surface area contributed by atoms with Crippen molar-refractivity contribution in [3.63, 3.8) is 0 Å². The molecule has 0 fully saturated rings. The lowest BCUT2D eigenvalue weighted by atomic mass is 9.94. The van der Waals surface area contributed by atoms with Gasteiger partial charge in [0.25, 0.3) is 5.56 Å². The van der Waals surface area contributed by atoms with Gasteiger partial charge in [-0.3, -0.25) is 9.36 Å². The average Bonchev–Trinajstić information content (AvgIpc) is 2.98. The van der Waals surface area contributed by atoms with Crippen molar-refractivity contribution in [2.24, 2.45) is 0 Å². The van der Waals surface area contributed by atoms with E-state index in [9.17, 15) is 4.79 Å². The molecule has 0 N–H and O–H groups in total. The summed E-state index contributed by atoms with van der Waals surface area (Å²) in [6, 6.07) is 1.88. The number of hydrogen-bond acceptors (Lipinski definition) is 5. The molecule has 0 aliphatic rings. The van der Waals surface area contributed by atoms with Crippen LogP contribution in [0.1, 0.15) is 37.3 Å². The Kier molecular flexibility index (Phi) is 3.20. The molecule has 0 spiro atoms. The van der Waals surface area contributed by atoms with E-state index < -0.39 is 0 Å². The third-order valence-electron chi connectivity index (χ3n) is 3.24. The highest BCUT2D eigenvalue weighted by molar-refractivity contribution is 7.18. The Hall–Kier alpha value is -1.95. The maximum atomic E-state index is 12.4. The molecule has 3 heterocycles. The quantitative estimate of drug-likeness (QED) is 0.730. The predicted molar refractivity (Wildman–Crippen MR) is 82.9 cm³/mol. The molecule has 5 nitrogen and oxygen atoms in total. The van der Waals surface area contributed by atoms with Crippen LogP contribution in [-0.4, -0.2) is 14.5 Å². The Morgan fingerprint density at radius 1 is 1.33 bits per heavy atom. The fourth-order valence-corrected chi connectivity index (χ4v) is 2.91. The molecule has 3 rings (SSSR count). The molecular weight excluding hydrogens is 286 g/mol. The minimum absolute atomic E-state index is 0.0557. The Balaban J connectivity index is 1.96. The van der Waals surface area contributed by atoms with Crippen LogP contribution < -0.4 is 5.56 Å². The lowest BCUT2D eigenvalue weighted by Crippen LogP contribution is -2.20. The van der Waals surface area contributed by atoms with Crippen LogP contribution in [-0.2, 0) is 12.0 Å². The lowest BCUT2D eigenvalue weighted by Gasteiger charge is -2.13. The first-order valence-corrected chi connectivity index (χ1v) is 7.57. The topological polar surface area (TPSA) is 60.9 Å². The molecule has 0 saturated heterocycles. The van der Waals surface area contributed by atoms with Crippen LogP contribution in [0.3, 0.4) is 0 Å². The second kappa shape index (κ2) is 4.80. The van der Waals surface area contributed by atoms with Crippen molar-refractivity contribution in [1.82, 2.24) is 14.5 Å². The van der Waals surface area contributed by atoms with E-state index in [-0.39, 0.29) is 11.0 Å². The third-order valence-corrected chi connectivity index (χ3v) is 4.20. The van der Waals surface area contributed by atoms with Crippen LogP contribution in [0.5, 0.6) is 0 Å². The molecule has 21 heavy (non-hydrogen) atoms. The first-order chi connectivity index (χ1) is 9.84. The van der Waals surface area contributed by atoms with E-state index in [1.54, 1.807) is 12.5 Å². The summed E-state index contributed by atoms with van der Waals surface area (Å²) >= 11 is 1.53. The van der Waals surface area contributed by atoms with Gasteiger partial charge >= 0.3 is 0 Å². The highest BCUT2D eigenvalue weighted by Gasteiger charge is 2.19. The Labute approximate surface area is 126 Å². The van der Waals surface area contributed by atoms with Gasteiger partial charge in [-0.1, -0.05) is 20.8 Å². The van der Waals surface area contributed by atoms with E-state index in [1.165, 1.54) is 15.9 Å². The van der Waals surface area contributed by atoms with Crippen molar-refractivity contribution in [2.75, 3.05) is 0 Å². The van der Waals surface area contributed by atoms with Gasteiger partial charge in [0, 0.05) is 10.3 Å². The summed E-state index contributed by atoms with van der Waals surface area (Å²) in [5.41, 5.74) is -0.150. The molecule has 0 unspecified atom stereocenters. The Bertz CT molecular complexity index is 852. The summed E-state index contributed by atoms with van der Waals surface area (Å²) in [4.78, 5) is 22.8. The first kappa shape index (κ1) is 14.0. The number of nitrogens with zero attached hydrogens (tertiary/aromatic N) is 3. The van der Waals surface area contributed by atoms with Gasteiger partial charge in [-0.25, -0.2) is 9.97 Å². The second-order valence-corrected chi connectivity index (χ2v) is 7.36. The number of rotatable bonds is 2. The average molecular weight is 303 g/mol. The molecule has 0 saturated carbocycles. The zero-order chi connectivity index (χ0) is 15.2. The van der Waals surface area contributed by atoms with E-state index >= 15 is 0 Å². The number of aromatic nitrogens is 3. The molecule has 0 radical (unpaired) electrons. The van der Waals surface area contributed by atoms with Crippen molar-refractivity contribution < 1.29 is 4.42 Å². The summed E-state index contributed by atoms with van der Waals surface area (Å²) in [6.45, 7) is 8.45. The zero-order valence-electron chi connectivity index (χ0n) is 12.5. The van der Waals surface area contributed by atoms with Crippen molar-refractivity contribution >= 4 is 21.6 Å². The fourth-order valence-electron chi connectivity index (χ4n) is 2.07. The number of hydrogen-bond donors (Lipinski definition) is 0. The van der Waals surface area contributed by atoms with Crippen LogP contribution in [0.25, 0.3) is 10.2 Å². The standard InChI is InChI=1S/C15H17N3O2S/c1-9-5-10-13(21-9)17-8-18(14(10)19)7-12-16-6-11(20-12)15(2,3)4/h5-6,8H,7H2,1-4H3. The Morgan fingerprint density at radius 2 is 2.10 bits per heavy atom. The Morgan fingerprint density at radius 3 is 2.76 bits per heavy atom. The van der Waals surface area contributed by atoms with Gasteiger partial charge in [0.05, 0.1) is 17.9 Å². The van der Waals surface area contributed by atoms with Crippen LogP contribution in [0.2, 0.25) is 0 Å². The predicted octanol–water partition coefficient (Wildman–Crippen LogP) is 3.10. The van der Waals surface area contributed by atoms with E-state index in [1.807, 2.05) is 13.0 Å². The summed E-state index contributed by atoms with van der Waals surface area (Å²) in [5, 5.41) is 0.655. The number of thiophene rings is 1. The van der Waals surface area contributed by atoms with E-state index in [4.69, 9.17) is 4.42 Å². The first-order valence-electron chi connectivity index (χ1n) is 6.75. The van der Waals surface area contributed by atoms with Gasteiger partial charge in [-0.05, 0) is 13.0 Å². The highest BCUT2D eigenvalue weighted by Crippen LogP contribution is 2.23. The lowest BCUT2D eigenvalue weighted by molar-refractivity contribution is 0.375. The molecule has 0 atom stereocenters. The smallest absolute Gasteiger partial charge is 0.262 e. The van der Waals surface area contributed by atoms with Gasteiger partial charge < -0.3 is 4.42 Å². The number of fused-ring (bicyclic) bond motifs is 1. The summed E-state index contributed by atoms with van der Waals surface area (Å²) in [6.07, 6.45) is 3.28. The molecule has 0 amide bonds. The monoisotopic (exact) mass is 303 g/mol. The normalized spacial score (nSPS) is 12.2. The van der Waals surface area contributed by atoms with E-state index in [2.05, 4.69) is 30.7 Å². The van der Waals surface area contributed by atoms with Crippen molar-refractivity contribution in [1.29, 1.82) is 0 Å². The summed E-state index contributed by atoms with van der Waals surface area (Å²) in [7, 11) is 0. The molecule has 0 aromatic carbocycles. The van der Waals surface area contributed by atoms with Crippen LogP contribution in [0.15, 0.2) is 27.8 Å². The largest absolute Gasteiger partial charge is 0.443 e. The summed E-state index contributed by atoms with van der Waals surface area (Å²) in [5.74, 6) is 1.33. The zero-order valence-corrected chi connectivity index (χ0v) is 13.3. The van der Waals surface area contributed by atoms with Crippen LogP contribution in [0.4, 0.5) is 0 Å². The molecule has 0 aliphatic carbocycles. The maximum absolute atomic E-state index is 12.4. The molecule has 110 valence electrons. The van der Waals surface area contributed by atoms with Gasteiger partial charge in [0.15, 0.2) is 0 Å². The van der Waals surface area contributed by atoms with E-state index in [0.717, 1.165) is 15.5 Å². The maximum Gasteiger partial charge on any atom is 0.262 e. The van der Waals surface area contributed by atoms with Crippen molar-refractivity contribution in [2.45, 2.75) is 39.7 Å². The molecule has 0 aliphatic heterocycles. The van der Waals surface area contributed by atoms with Gasteiger partial charge in [0.1, 0.15) is 17.1 Å².